The Morgan fingerprint density at radius 3 is 1.22 bits per heavy atom. The van der Waals surface area contributed by atoms with Crippen molar-refractivity contribution in [2.75, 3.05) is 9.80 Å². The van der Waals surface area contributed by atoms with Crippen LogP contribution >= 0.6 is 22.7 Å². The predicted octanol–water partition coefficient (Wildman–Crippen LogP) is 11.7. The van der Waals surface area contributed by atoms with Gasteiger partial charge in [-0.15, -0.1) is 0 Å². The first-order valence-electron chi connectivity index (χ1n) is 14.0. The highest BCUT2D eigenvalue weighted by atomic mass is 32.1. The smallest absolute Gasteiger partial charge is 0.0568 e. The summed E-state index contributed by atoms with van der Waals surface area (Å²) in [5, 5.41) is 8.75. The van der Waals surface area contributed by atoms with Crippen molar-refractivity contribution in [3.8, 4) is 11.1 Å². The van der Waals surface area contributed by atoms with Crippen molar-refractivity contribution in [1.82, 2.24) is 0 Å². The van der Waals surface area contributed by atoms with E-state index < -0.39 is 0 Å². The highest BCUT2D eigenvalue weighted by molar-refractivity contribution is 7.08. The van der Waals surface area contributed by atoms with Gasteiger partial charge in [0.15, 0.2) is 0 Å². The van der Waals surface area contributed by atoms with Gasteiger partial charge in [-0.05, 0) is 108 Å². The number of hydrogen-bond acceptors (Lipinski definition) is 4. The second-order valence-electron chi connectivity index (χ2n) is 11.4. The summed E-state index contributed by atoms with van der Waals surface area (Å²) in [7, 11) is 0. The summed E-state index contributed by atoms with van der Waals surface area (Å²) < 4.78 is 0. The molecule has 4 aromatic carbocycles. The zero-order chi connectivity index (χ0) is 28.1. The average Bonchev–Trinajstić information content (AvgIpc) is 3.74. The molecule has 1 aliphatic carbocycles. The summed E-state index contributed by atoms with van der Waals surface area (Å²) in [4.78, 5) is 4.74. The third-order valence-electron chi connectivity index (χ3n) is 8.27. The van der Waals surface area contributed by atoms with Crippen molar-refractivity contribution in [3.63, 3.8) is 0 Å². The molecule has 0 radical (unpaired) electrons. The third-order valence-corrected chi connectivity index (χ3v) is 9.61. The van der Waals surface area contributed by atoms with Gasteiger partial charge in [0.2, 0.25) is 0 Å². The minimum atomic E-state index is -0.141. The molecule has 0 N–H and O–H groups in total. The SMILES string of the molecule is Cc1ccc(N(c2ccsc2)c2ccc3c(c2)C(C)(C)c2cc(N(c4ccc(C)cc4)c4ccsc4)ccc2-3)cc1. The van der Waals surface area contributed by atoms with Gasteiger partial charge in [0.05, 0.1) is 11.4 Å². The van der Waals surface area contributed by atoms with Crippen LogP contribution in [0.2, 0.25) is 0 Å². The molecule has 0 aliphatic heterocycles. The molecule has 6 aromatic rings. The fraction of sp³-hybridized carbons (Fsp3) is 0.135. The van der Waals surface area contributed by atoms with E-state index in [0.29, 0.717) is 0 Å². The van der Waals surface area contributed by atoms with E-state index in [1.54, 1.807) is 22.7 Å². The molecule has 1 aliphatic rings. The second-order valence-corrected chi connectivity index (χ2v) is 12.9. The molecule has 0 fully saturated rings. The van der Waals surface area contributed by atoms with E-state index in [-0.39, 0.29) is 5.41 Å². The van der Waals surface area contributed by atoms with Crippen LogP contribution in [-0.2, 0) is 5.41 Å². The van der Waals surface area contributed by atoms with E-state index in [2.05, 4.69) is 156 Å². The fourth-order valence-corrected chi connectivity index (χ4v) is 7.28. The van der Waals surface area contributed by atoms with Crippen LogP contribution < -0.4 is 9.80 Å². The molecule has 2 nitrogen and oxygen atoms in total. The van der Waals surface area contributed by atoms with Crippen LogP contribution in [0.1, 0.15) is 36.1 Å². The Labute approximate surface area is 250 Å². The summed E-state index contributed by atoms with van der Waals surface area (Å²) in [6, 6.07) is 36.1. The van der Waals surface area contributed by atoms with Gasteiger partial charge in [0, 0.05) is 38.9 Å². The van der Waals surface area contributed by atoms with Gasteiger partial charge in [-0.25, -0.2) is 0 Å². The van der Waals surface area contributed by atoms with Crippen LogP contribution in [0.4, 0.5) is 34.1 Å². The van der Waals surface area contributed by atoms with Crippen LogP contribution in [-0.4, -0.2) is 0 Å². The Balaban J connectivity index is 1.33. The summed E-state index contributed by atoms with van der Waals surface area (Å²) in [6.45, 7) is 9.01. The number of thiophene rings is 2. The monoisotopic (exact) mass is 568 g/mol. The van der Waals surface area contributed by atoms with Crippen molar-refractivity contribution in [1.29, 1.82) is 0 Å². The van der Waals surface area contributed by atoms with E-state index in [4.69, 9.17) is 0 Å². The highest BCUT2D eigenvalue weighted by Crippen LogP contribution is 2.52. The lowest BCUT2D eigenvalue weighted by Gasteiger charge is -2.28. The van der Waals surface area contributed by atoms with Gasteiger partial charge in [-0.2, -0.15) is 22.7 Å². The summed E-state index contributed by atoms with van der Waals surface area (Å²) >= 11 is 3.46. The largest absolute Gasteiger partial charge is 0.310 e. The predicted molar refractivity (Wildman–Crippen MR) is 179 cm³/mol. The normalized spacial score (nSPS) is 13.1. The zero-order valence-electron chi connectivity index (χ0n) is 23.8. The Bertz CT molecular complexity index is 1680. The number of fused-ring (bicyclic) bond motifs is 3. The lowest BCUT2D eigenvalue weighted by molar-refractivity contribution is 0.660. The van der Waals surface area contributed by atoms with Crippen molar-refractivity contribution >= 4 is 56.8 Å². The van der Waals surface area contributed by atoms with Crippen LogP contribution in [0.5, 0.6) is 0 Å². The van der Waals surface area contributed by atoms with Gasteiger partial charge in [0.1, 0.15) is 0 Å². The number of nitrogens with zero attached hydrogens (tertiary/aromatic N) is 2. The molecule has 2 heterocycles. The first kappa shape index (κ1) is 25.8. The number of benzene rings is 4. The van der Waals surface area contributed by atoms with Gasteiger partial charge < -0.3 is 9.80 Å². The van der Waals surface area contributed by atoms with Crippen molar-refractivity contribution in [3.05, 3.63) is 141 Å². The molecule has 4 heteroatoms. The standard InChI is InChI=1S/C37H32N2S2/c1-25-5-9-27(10-6-25)38(31-17-19-40-23-31)29-13-15-33-34-16-14-30(22-36(34)37(3,4)35(33)21-29)39(32-18-20-41-24-32)28-11-7-26(2)8-12-28/h5-24H,1-4H3. The van der Waals surface area contributed by atoms with E-state index in [0.717, 1.165) is 0 Å². The molecule has 2 aromatic heterocycles. The average molecular weight is 569 g/mol. The first-order valence-corrected chi connectivity index (χ1v) is 15.9. The zero-order valence-corrected chi connectivity index (χ0v) is 25.4. The number of rotatable bonds is 6. The molecular weight excluding hydrogens is 537 g/mol. The van der Waals surface area contributed by atoms with E-state index in [9.17, 15) is 0 Å². The lowest BCUT2D eigenvalue weighted by atomic mass is 9.82. The van der Waals surface area contributed by atoms with Crippen LogP contribution in [0.15, 0.2) is 119 Å². The maximum Gasteiger partial charge on any atom is 0.0568 e. The lowest BCUT2D eigenvalue weighted by Crippen LogP contribution is -2.17. The summed E-state index contributed by atoms with van der Waals surface area (Å²) in [6.07, 6.45) is 0. The number of hydrogen-bond donors (Lipinski definition) is 0. The summed E-state index contributed by atoms with van der Waals surface area (Å²) in [5.41, 5.74) is 14.9. The minimum Gasteiger partial charge on any atom is -0.310 e. The van der Waals surface area contributed by atoms with Gasteiger partial charge in [0.25, 0.3) is 0 Å². The minimum absolute atomic E-state index is 0.141. The molecule has 0 saturated carbocycles. The molecule has 7 rings (SSSR count). The maximum absolute atomic E-state index is 2.41. The van der Waals surface area contributed by atoms with E-state index in [1.807, 2.05) is 0 Å². The van der Waals surface area contributed by atoms with Crippen molar-refractivity contribution in [2.45, 2.75) is 33.1 Å². The second kappa shape index (κ2) is 10.1. The van der Waals surface area contributed by atoms with Crippen molar-refractivity contribution in [2.24, 2.45) is 0 Å². The van der Waals surface area contributed by atoms with Crippen LogP contribution in [0, 0.1) is 13.8 Å². The Hall–Kier alpha value is -4.12. The molecule has 0 amide bonds. The highest BCUT2D eigenvalue weighted by Gasteiger charge is 2.36. The summed E-state index contributed by atoms with van der Waals surface area (Å²) in [5.74, 6) is 0. The molecular formula is C37H32N2S2. The van der Waals surface area contributed by atoms with E-state index in [1.165, 1.54) is 67.5 Å². The molecule has 0 unspecified atom stereocenters. The molecule has 202 valence electrons. The molecule has 0 bridgehead atoms. The van der Waals surface area contributed by atoms with Gasteiger partial charge >= 0.3 is 0 Å². The Morgan fingerprint density at radius 1 is 0.463 bits per heavy atom. The van der Waals surface area contributed by atoms with Crippen LogP contribution in [0.25, 0.3) is 11.1 Å². The van der Waals surface area contributed by atoms with Crippen LogP contribution in [0.3, 0.4) is 0 Å². The molecule has 41 heavy (non-hydrogen) atoms. The van der Waals surface area contributed by atoms with Crippen molar-refractivity contribution < 1.29 is 0 Å². The molecule has 0 spiro atoms. The first-order chi connectivity index (χ1) is 19.9. The Kier molecular flexibility index (Phi) is 6.33. The van der Waals surface area contributed by atoms with Gasteiger partial charge in [-0.3, -0.25) is 0 Å². The van der Waals surface area contributed by atoms with Gasteiger partial charge in [-0.1, -0.05) is 61.4 Å². The number of aryl methyl sites for hydroxylation is 2. The topological polar surface area (TPSA) is 6.48 Å². The quantitative estimate of drug-likeness (QED) is 0.197. The molecule has 0 saturated heterocycles. The molecule has 0 atom stereocenters. The third kappa shape index (κ3) is 4.48. The van der Waals surface area contributed by atoms with E-state index >= 15 is 0 Å². The number of anilines is 6. The maximum atomic E-state index is 2.41. The fourth-order valence-electron chi connectivity index (χ4n) is 6.04. The Morgan fingerprint density at radius 2 is 0.854 bits per heavy atom.